The van der Waals surface area contributed by atoms with Crippen LogP contribution in [-0.2, 0) is 0 Å². The zero-order chi connectivity index (χ0) is 18.5. The van der Waals surface area contributed by atoms with E-state index in [9.17, 15) is 18.3 Å². The maximum atomic E-state index is 13.2. The highest BCUT2D eigenvalue weighted by Crippen LogP contribution is 2.21. The molecule has 26 heavy (non-hydrogen) atoms. The molecular formula is C19H20F3NO3. The number of halogens is 3. The number of benzene rings is 2. The zero-order valence-electron chi connectivity index (χ0n) is 14.1. The largest absolute Gasteiger partial charge is 0.491 e. The van der Waals surface area contributed by atoms with Gasteiger partial charge in [-0.2, -0.15) is 0 Å². The van der Waals surface area contributed by atoms with E-state index in [4.69, 9.17) is 9.47 Å². The Kier molecular flexibility index (Phi) is 6.00. The number of hydrogen-bond donors (Lipinski definition) is 1. The smallest absolute Gasteiger partial charge is 0.162 e. The van der Waals surface area contributed by atoms with Crippen LogP contribution in [0, 0.1) is 17.5 Å². The highest BCUT2D eigenvalue weighted by Gasteiger charge is 2.26. The molecule has 3 rings (SSSR count). The molecule has 1 fully saturated rings. The standard InChI is InChI=1S/C19H20F3NO3/c20-13-1-3-15(4-2-13)25-12-14(24)10-23-8-7-17(11-23)26-16-5-6-18(21)19(22)9-16/h1-6,9,14,17,24H,7-8,10-12H2. The second kappa shape index (κ2) is 8.42. The summed E-state index contributed by atoms with van der Waals surface area (Å²) in [6, 6.07) is 9.06. The van der Waals surface area contributed by atoms with E-state index >= 15 is 0 Å². The van der Waals surface area contributed by atoms with Crippen LogP contribution in [0.25, 0.3) is 0 Å². The minimum atomic E-state index is -0.939. The van der Waals surface area contributed by atoms with Crippen LogP contribution in [0.1, 0.15) is 6.42 Å². The van der Waals surface area contributed by atoms with Crippen LogP contribution < -0.4 is 9.47 Å². The number of aliphatic hydroxyl groups excluding tert-OH is 1. The molecule has 140 valence electrons. The summed E-state index contributed by atoms with van der Waals surface area (Å²) in [4.78, 5) is 2.02. The average molecular weight is 367 g/mol. The quantitative estimate of drug-likeness (QED) is 0.817. The normalized spacial score (nSPS) is 18.7. The molecule has 1 saturated heterocycles. The second-order valence-corrected chi connectivity index (χ2v) is 6.28. The van der Waals surface area contributed by atoms with Crippen molar-refractivity contribution < 1.29 is 27.8 Å². The Morgan fingerprint density at radius 3 is 2.50 bits per heavy atom. The highest BCUT2D eigenvalue weighted by atomic mass is 19.2. The number of rotatable bonds is 7. The molecular weight excluding hydrogens is 347 g/mol. The van der Waals surface area contributed by atoms with Crippen LogP contribution in [0.3, 0.4) is 0 Å². The lowest BCUT2D eigenvalue weighted by molar-refractivity contribution is 0.0719. The van der Waals surface area contributed by atoms with Crippen LogP contribution in [0.4, 0.5) is 13.2 Å². The van der Waals surface area contributed by atoms with Gasteiger partial charge in [0.1, 0.15) is 36.1 Å². The molecule has 0 amide bonds. The van der Waals surface area contributed by atoms with Crippen molar-refractivity contribution in [1.82, 2.24) is 4.90 Å². The maximum Gasteiger partial charge on any atom is 0.162 e. The van der Waals surface area contributed by atoms with Crippen LogP contribution in [0.5, 0.6) is 11.5 Å². The minimum Gasteiger partial charge on any atom is -0.491 e. The van der Waals surface area contributed by atoms with Gasteiger partial charge < -0.3 is 14.6 Å². The maximum absolute atomic E-state index is 13.2. The molecule has 0 aliphatic carbocycles. The Morgan fingerprint density at radius 2 is 1.77 bits per heavy atom. The summed E-state index contributed by atoms with van der Waals surface area (Å²) >= 11 is 0. The van der Waals surface area contributed by atoms with Crippen molar-refractivity contribution in [2.75, 3.05) is 26.2 Å². The first-order valence-electron chi connectivity index (χ1n) is 8.40. The molecule has 0 bridgehead atoms. The second-order valence-electron chi connectivity index (χ2n) is 6.28. The molecule has 2 aromatic rings. The van der Waals surface area contributed by atoms with Crippen LogP contribution in [0.2, 0.25) is 0 Å². The highest BCUT2D eigenvalue weighted by molar-refractivity contribution is 5.24. The topological polar surface area (TPSA) is 41.9 Å². The number of β-amino-alcohol motifs (C(OH)–C–C–N with tert-alkyl or cyclic N) is 1. The fourth-order valence-corrected chi connectivity index (χ4v) is 2.88. The van der Waals surface area contributed by atoms with E-state index in [0.717, 1.165) is 25.1 Å². The number of hydrogen-bond acceptors (Lipinski definition) is 4. The van der Waals surface area contributed by atoms with E-state index in [1.165, 1.54) is 30.3 Å². The van der Waals surface area contributed by atoms with Gasteiger partial charge in [0.15, 0.2) is 11.6 Å². The Balaban J connectivity index is 1.42. The van der Waals surface area contributed by atoms with Gasteiger partial charge in [-0.25, -0.2) is 13.2 Å². The fraction of sp³-hybridized carbons (Fsp3) is 0.368. The van der Waals surface area contributed by atoms with Crippen molar-refractivity contribution in [2.45, 2.75) is 18.6 Å². The first kappa shape index (κ1) is 18.5. The molecule has 1 heterocycles. The SMILES string of the molecule is OC(COc1ccc(F)cc1)CN1CCC(Oc2ccc(F)c(F)c2)C1. The van der Waals surface area contributed by atoms with Gasteiger partial charge in [0.2, 0.25) is 0 Å². The van der Waals surface area contributed by atoms with Gasteiger partial charge in [0.05, 0.1) is 0 Å². The van der Waals surface area contributed by atoms with Gasteiger partial charge in [0.25, 0.3) is 0 Å². The minimum absolute atomic E-state index is 0.0941. The van der Waals surface area contributed by atoms with Crippen molar-refractivity contribution in [2.24, 2.45) is 0 Å². The molecule has 2 aromatic carbocycles. The lowest BCUT2D eigenvalue weighted by Crippen LogP contribution is -2.35. The Labute approximate surface area is 149 Å². The molecule has 2 atom stereocenters. The average Bonchev–Trinajstić information content (AvgIpc) is 3.04. The van der Waals surface area contributed by atoms with Gasteiger partial charge in [-0.05, 0) is 42.8 Å². The summed E-state index contributed by atoms with van der Waals surface area (Å²) < 4.78 is 50.1. The number of nitrogens with zero attached hydrogens (tertiary/aromatic N) is 1. The number of aliphatic hydroxyl groups is 1. The van der Waals surface area contributed by atoms with Crippen molar-refractivity contribution >= 4 is 0 Å². The van der Waals surface area contributed by atoms with E-state index in [1.54, 1.807) is 0 Å². The first-order valence-corrected chi connectivity index (χ1v) is 8.40. The van der Waals surface area contributed by atoms with Crippen LogP contribution >= 0.6 is 0 Å². The lowest BCUT2D eigenvalue weighted by atomic mass is 10.3. The predicted molar refractivity (Wildman–Crippen MR) is 89.7 cm³/mol. The van der Waals surface area contributed by atoms with E-state index in [2.05, 4.69) is 0 Å². The molecule has 1 N–H and O–H groups in total. The molecule has 1 aliphatic rings. The van der Waals surface area contributed by atoms with Gasteiger partial charge >= 0.3 is 0 Å². The summed E-state index contributed by atoms with van der Waals surface area (Å²) in [5.74, 6) is -1.41. The third-order valence-corrected chi connectivity index (χ3v) is 4.15. The molecule has 4 nitrogen and oxygen atoms in total. The van der Waals surface area contributed by atoms with Gasteiger partial charge in [0, 0.05) is 25.7 Å². The third-order valence-electron chi connectivity index (χ3n) is 4.15. The lowest BCUT2D eigenvalue weighted by Gasteiger charge is -2.20. The molecule has 1 aliphatic heterocycles. The molecule has 0 saturated carbocycles. The van der Waals surface area contributed by atoms with Crippen LogP contribution in [0.15, 0.2) is 42.5 Å². The van der Waals surface area contributed by atoms with Gasteiger partial charge in [-0.1, -0.05) is 0 Å². The fourth-order valence-electron chi connectivity index (χ4n) is 2.88. The number of ether oxygens (including phenoxy) is 2. The van der Waals surface area contributed by atoms with E-state index in [1.807, 2.05) is 4.90 Å². The van der Waals surface area contributed by atoms with Gasteiger partial charge in [-0.15, -0.1) is 0 Å². The summed E-state index contributed by atoms with van der Waals surface area (Å²) in [5.41, 5.74) is 0. The molecule has 0 radical (unpaired) electrons. The summed E-state index contributed by atoms with van der Waals surface area (Å²) in [6.07, 6.45) is -0.128. The zero-order valence-corrected chi connectivity index (χ0v) is 14.1. The van der Waals surface area contributed by atoms with E-state index < -0.39 is 17.7 Å². The Hall–Kier alpha value is -2.25. The number of likely N-dealkylation sites (tertiary alicyclic amines) is 1. The first-order chi connectivity index (χ1) is 12.5. The van der Waals surface area contributed by atoms with Crippen molar-refractivity contribution in [3.63, 3.8) is 0 Å². The predicted octanol–water partition coefficient (Wildman–Crippen LogP) is 3.00. The van der Waals surface area contributed by atoms with Crippen molar-refractivity contribution in [1.29, 1.82) is 0 Å². The summed E-state index contributed by atoms with van der Waals surface area (Å²) in [6.45, 7) is 1.80. The third kappa shape index (κ3) is 5.12. The monoisotopic (exact) mass is 367 g/mol. The van der Waals surface area contributed by atoms with Gasteiger partial charge in [-0.3, -0.25) is 4.90 Å². The molecule has 0 aromatic heterocycles. The summed E-state index contributed by atoms with van der Waals surface area (Å²) in [5, 5.41) is 10.1. The van der Waals surface area contributed by atoms with Crippen LogP contribution in [-0.4, -0.2) is 48.5 Å². The summed E-state index contributed by atoms with van der Waals surface area (Å²) in [7, 11) is 0. The Bertz CT molecular complexity index is 726. The molecule has 0 spiro atoms. The van der Waals surface area contributed by atoms with E-state index in [0.29, 0.717) is 18.8 Å². The Morgan fingerprint density at radius 1 is 1.04 bits per heavy atom. The molecule has 2 unspecified atom stereocenters. The van der Waals surface area contributed by atoms with E-state index in [-0.39, 0.29) is 24.3 Å². The molecule has 7 heteroatoms. The van der Waals surface area contributed by atoms with Crippen molar-refractivity contribution in [3.05, 3.63) is 59.9 Å². The van der Waals surface area contributed by atoms with Crippen molar-refractivity contribution in [3.8, 4) is 11.5 Å².